The SMILES string of the molecule is C=CC[C@@H](C)[C@H]1CC=C2C3=C(CC[C@@]21C)[C@@]1(C)CCC(O)CC1CC3. The Balaban J connectivity index is 1.67. The van der Waals surface area contributed by atoms with Crippen molar-refractivity contribution in [1.29, 1.82) is 0 Å². The summed E-state index contributed by atoms with van der Waals surface area (Å²) in [6, 6.07) is 0. The first-order chi connectivity index (χ1) is 11.9. The fourth-order valence-corrected chi connectivity index (χ4v) is 7.16. The van der Waals surface area contributed by atoms with Gasteiger partial charge >= 0.3 is 0 Å². The van der Waals surface area contributed by atoms with Gasteiger partial charge in [-0.2, -0.15) is 0 Å². The molecule has 1 nitrogen and oxygen atoms in total. The summed E-state index contributed by atoms with van der Waals surface area (Å²) in [5.41, 5.74) is 6.01. The third-order valence-corrected chi connectivity index (χ3v) is 8.71. The van der Waals surface area contributed by atoms with Crippen LogP contribution in [0.3, 0.4) is 0 Å². The first kappa shape index (κ1) is 17.6. The van der Waals surface area contributed by atoms with Crippen molar-refractivity contribution in [3.8, 4) is 0 Å². The molecule has 0 amide bonds. The van der Waals surface area contributed by atoms with E-state index in [-0.39, 0.29) is 6.10 Å². The Morgan fingerprint density at radius 1 is 1.24 bits per heavy atom. The normalized spacial score (nSPS) is 44.5. The van der Waals surface area contributed by atoms with Crippen LogP contribution < -0.4 is 0 Å². The van der Waals surface area contributed by atoms with Crippen LogP contribution in [-0.4, -0.2) is 11.2 Å². The van der Waals surface area contributed by atoms with E-state index in [1.54, 1.807) is 16.7 Å². The fourth-order valence-electron chi connectivity index (χ4n) is 7.16. The summed E-state index contributed by atoms with van der Waals surface area (Å²) in [4.78, 5) is 0. The van der Waals surface area contributed by atoms with Crippen molar-refractivity contribution in [2.75, 3.05) is 0 Å². The van der Waals surface area contributed by atoms with Gasteiger partial charge in [-0.05, 0) is 97.5 Å². The summed E-state index contributed by atoms with van der Waals surface area (Å²) in [6.07, 6.45) is 15.5. The highest BCUT2D eigenvalue weighted by atomic mass is 16.3. The number of fused-ring (bicyclic) bond motifs is 4. The van der Waals surface area contributed by atoms with Crippen LogP contribution in [0.1, 0.15) is 78.6 Å². The van der Waals surface area contributed by atoms with Crippen molar-refractivity contribution in [1.82, 2.24) is 0 Å². The molecule has 4 aliphatic rings. The van der Waals surface area contributed by atoms with Crippen LogP contribution in [0.15, 0.2) is 35.5 Å². The third kappa shape index (κ3) is 2.52. The van der Waals surface area contributed by atoms with Crippen LogP contribution >= 0.6 is 0 Å². The fraction of sp³-hybridized carbons (Fsp3) is 0.750. The van der Waals surface area contributed by atoms with Gasteiger partial charge in [-0.1, -0.05) is 38.5 Å². The quantitative estimate of drug-likeness (QED) is 0.606. The van der Waals surface area contributed by atoms with Crippen LogP contribution in [0.5, 0.6) is 0 Å². The molecule has 25 heavy (non-hydrogen) atoms. The maximum Gasteiger partial charge on any atom is 0.0543 e. The molecule has 1 heteroatoms. The molecular formula is C24H36O. The third-order valence-electron chi connectivity index (χ3n) is 8.71. The van der Waals surface area contributed by atoms with Crippen LogP contribution in [0.25, 0.3) is 0 Å². The predicted octanol–water partition coefficient (Wildman–Crippen LogP) is 6.20. The Morgan fingerprint density at radius 2 is 2.04 bits per heavy atom. The summed E-state index contributed by atoms with van der Waals surface area (Å²) in [6.45, 7) is 11.5. The standard InChI is InChI=1S/C24H36O/c1-5-6-16(2)20-9-10-21-19-8-7-17-15-18(25)11-13-23(17,3)22(19)12-14-24(20,21)4/h5,10,16-18,20,25H,1,6-9,11-15H2,2-4H3/t16-,17?,18?,20-,23+,24-/m1/s1. The minimum Gasteiger partial charge on any atom is -0.393 e. The van der Waals surface area contributed by atoms with Crippen LogP contribution in [0, 0.1) is 28.6 Å². The Hall–Kier alpha value is -0.820. The number of rotatable bonds is 3. The molecule has 0 aromatic carbocycles. The van der Waals surface area contributed by atoms with Gasteiger partial charge < -0.3 is 5.11 Å². The van der Waals surface area contributed by atoms with E-state index in [1.807, 2.05) is 0 Å². The van der Waals surface area contributed by atoms with Gasteiger partial charge in [0, 0.05) is 0 Å². The topological polar surface area (TPSA) is 20.2 Å². The van der Waals surface area contributed by atoms with Gasteiger partial charge in [-0.3, -0.25) is 0 Å². The molecule has 0 spiro atoms. The van der Waals surface area contributed by atoms with E-state index in [0.29, 0.717) is 16.7 Å². The smallest absolute Gasteiger partial charge is 0.0543 e. The molecular weight excluding hydrogens is 304 g/mol. The van der Waals surface area contributed by atoms with E-state index in [0.717, 1.165) is 31.1 Å². The maximum atomic E-state index is 10.2. The van der Waals surface area contributed by atoms with Crippen molar-refractivity contribution in [2.24, 2.45) is 28.6 Å². The lowest BCUT2D eigenvalue weighted by molar-refractivity contribution is 0.0226. The van der Waals surface area contributed by atoms with Crippen molar-refractivity contribution in [2.45, 2.75) is 84.7 Å². The molecule has 2 unspecified atom stereocenters. The number of aliphatic hydroxyl groups excluding tert-OH is 1. The van der Waals surface area contributed by atoms with Crippen molar-refractivity contribution >= 4 is 0 Å². The summed E-state index contributed by atoms with van der Waals surface area (Å²) < 4.78 is 0. The zero-order valence-corrected chi connectivity index (χ0v) is 16.5. The predicted molar refractivity (Wildman–Crippen MR) is 105 cm³/mol. The van der Waals surface area contributed by atoms with E-state index >= 15 is 0 Å². The van der Waals surface area contributed by atoms with E-state index in [1.165, 1.54) is 38.5 Å². The molecule has 6 atom stereocenters. The molecule has 0 aromatic rings. The molecule has 1 N–H and O–H groups in total. The van der Waals surface area contributed by atoms with Gasteiger partial charge in [0.15, 0.2) is 0 Å². The lowest BCUT2D eigenvalue weighted by atomic mass is 9.51. The highest BCUT2D eigenvalue weighted by molar-refractivity contribution is 5.49. The molecule has 0 aromatic heterocycles. The van der Waals surface area contributed by atoms with E-state index < -0.39 is 0 Å². The van der Waals surface area contributed by atoms with Crippen LogP contribution in [0.2, 0.25) is 0 Å². The second kappa shape index (κ2) is 6.12. The summed E-state index contributed by atoms with van der Waals surface area (Å²) in [5, 5.41) is 10.2. The Morgan fingerprint density at radius 3 is 2.80 bits per heavy atom. The minimum atomic E-state index is -0.0519. The van der Waals surface area contributed by atoms with Gasteiger partial charge in [0.25, 0.3) is 0 Å². The lowest BCUT2D eigenvalue weighted by Crippen LogP contribution is -2.44. The van der Waals surface area contributed by atoms with Crippen LogP contribution in [-0.2, 0) is 0 Å². The largest absolute Gasteiger partial charge is 0.393 e. The number of aliphatic hydroxyl groups is 1. The average Bonchev–Trinajstić information content (AvgIpc) is 2.93. The highest BCUT2D eigenvalue weighted by Crippen LogP contribution is 2.64. The second-order valence-electron chi connectivity index (χ2n) is 9.92. The molecule has 4 aliphatic carbocycles. The summed E-state index contributed by atoms with van der Waals surface area (Å²) >= 11 is 0. The Kier molecular flexibility index (Phi) is 4.30. The number of allylic oxidation sites excluding steroid dienone is 5. The summed E-state index contributed by atoms with van der Waals surface area (Å²) in [5.74, 6) is 2.22. The van der Waals surface area contributed by atoms with Crippen molar-refractivity contribution in [3.63, 3.8) is 0 Å². The molecule has 0 radical (unpaired) electrons. The molecule has 0 aliphatic heterocycles. The van der Waals surface area contributed by atoms with Crippen molar-refractivity contribution in [3.05, 3.63) is 35.5 Å². The molecule has 1 saturated carbocycles. The maximum absolute atomic E-state index is 10.2. The highest BCUT2D eigenvalue weighted by Gasteiger charge is 2.52. The second-order valence-corrected chi connectivity index (χ2v) is 9.92. The monoisotopic (exact) mass is 340 g/mol. The molecule has 0 heterocycles. The first-order valence-corrected chi connectivity index (χ1v) is 10.6. The first-order valence-electron chi connectivity index (χ1n) is 10.6. The van der Waals surface area contributed by atoms with Gasteiger partial charge in [-0.15, -0.1) is 6.58 Å². The molecule has 0 saturated heterocycles. The van der Waals surface area contributed by atoms with Gasteiger partial charge in [0.05, 0.1) is 6.10 Å². The molecule has 138 valence electrons. The molecule has 1 fully saturated rings. The number of hydrogen-bond donors (Lipinski definition) is 1. The van der Waals surface area contributed by atoms with E-state index in [4.69, 9.17) is 0 Å². The molecule has 0 bridgehead atoms. The Labute approximate surface area is 154 Å². The molecule has 4 rings (SSSR count). The minimum absolute atomic E-state index is 0.0519. The van der Waals surface area contributed by atoms with E-state index in [2.05, 4.69) is 39.5 Å². The van der Waals surface area contributed by atoms with Crippen molar-refractivity contribution < 1.29 is 5.11 Å². The van der Waals surface area contributed by atoms with Gasteiger partial charge in [0.2, 0.25) is 0 Å². The van der Waals surface area contributed by atoms with Gasteiger partial charge in [-0.25, -0.2) is 0 Å². The zero-order chi connectivity index (χ0) is 17.8. The Bertz CT molecular complexity index is 626. The van der Waals surface area contributed by atoms with Gasteiger partial charge in [0.1, 0.15) is 0 Å². The zero-order valence-electron chi connectivity index (χ0n) is 16.5. The number of hydrogen-bond acceptors (Lipinski definition) is 1. The summed E-state index contributed by atoms with van der Waals surface area (Å²) in [7, 11) is 0. The average molecular weight is 341 g/mol. The van der Waals surface area contributed by atoms with E-state index in [9.17, 15) is 5.11 Å². The van der Waals surface area contributed by atoms with Crippen LogP contribution in [0.4, 0.5) is 0 Å². The lowest BCUT2D eigenvalue weighted by Gasteiger charge is -2.53.